The molecule has 0 saturated carbocycles. The van der Waals surface area contributed by atoms with Crippen LogP contribution in [0.4, 0.5) is 4.39 Å². The van der Waals surface area contributed by atoms with Crippen molar-refractivity contribution in [3.8, 4) is 11.5 Å². The molecule has 0 amide bonds. The highest BCUT2D eigenvalue weighted by Crippen LogP contribution is 2.27. The average molecular weight is 452 g/mol. The van der Waals surface area contributed by atoms with E-state index in [-0.39, 0.29) is 5.82 Å². The molecule has 2 N–H and O–H groups in total. The second-order valence-corrected chi connectivity index (χ2v) is 8.12. The Morgan fingerprint density at radius 3 is 2.65 bits per heavy atom. The first-order valence-corrected chi connectivity index (χ1v) is 10.9. The summed E-state index contributed by atoms with van der Waals surface area (Å²) in [6, 6.07) is 8.52. The van der Waals surface area contributed by atoms with Crippen molar-refractivity contribution >= 4 is 23.8 Å². The molecule has 0 aliphatic rings. The molecule has 0 aliphatic carbocycles. The minimum atomic E-state index is -0.307. The van der Waals surface area contributed by atoms with Crippen molar-refractivity contribution in [3.05, 3.63) is 112 Å². The minimum Gasteiger partial charge on any atom is -0.340 e. The zero-order valence-electron chi connectivity index (χ0n) is 19.5. The van der Waals surface area contributed by atoms with Crippen LogP contribution in [0.1, 0.15) is 35.0 Å². The highest BCUT2D eigenvalue weighted by atomic mass is 19.1. The first kappa shape index (κ1) is 22.9. The molecule has 5 nitrogen and oxygen atoms in total. The molecule has 0 unspecified atom stereocenters. The number of H-pyrrole nitrogens is 2. The molecule has 1 aromatic carbocycles. The van der Waals surface area contributed by atoms with Crippen molar-refractivity contribution in [2.24, 2.45) is 0 Å². The van der Waals surface area contributed by atoms with Crippen LogP contribution in [0.5, 0.6) is 0 Å². The number of rotatable bonds is 6. The quantitative estimate of drug-likeness (QED) is 0.411. The number of pyridine rings is 1. The fourth-order valence-corrected chi connectivity index (χ4v) is 3.71. The Hall–Kier alpha value is -4.32. The van der Waals surface area contributed by atoms with Gasteiger partial charge in [0.05, 0.1) is 11.0 Å². The Morgan fingerprint density at radius 1 is 1.09 bits per heavy atom. The number of hydrogen-bond donors (Lipinski definition) is 2. The van der Waals surface area contributed by atoms with E-state index in [1.807, 2.05) is 57.5 Å². The number of aromatic amines is 2. The molecule has 4 aromatic rings. The normalized spacial score (nSPS) is 12.9. The number of nitrogens with zero attached hydrogens (tertiary/aromatic N) is 3. The second kappa shape index (κ2) is 9.67. The molecule has 0 radical (unpaired) electrons. The minimum absolute atomic E-state index is 0.307. The Bertz CT molecular complexity index is 1530. The monoisotopic (exact) mass is 451 g/mol. The Balaban J connectivity index is 1.71. The van der Waals surface area contributed by atoms with Gasteiger partial charge < -0.3 is 4.98 Å². The van der Waals surface area contributed by atoms with Crippen LogP contribution in [0.3, 0.4) is 0 Å². The Labute approximate surface area is 197 Å². The molecule has 0 fully saturated rings. The molecule has 6 heteroatoms. The summed E-state index contributed by atoms with van der Waals surface area (Å²) in [4.78, 5) is 12.3. The number of aromatic nitrogens is 5. The molecule has 4 rings (SSSR count). The fourth-order valence-electron chi connectivity index (χ4n) is 3.71. The van der Waals surface area contributed by atoms with Crippen LogP contribution in [-0.2, 0) is 0 Å². The third-order valence-electron chi connectivity index (χ3n) is 5.51. The smallest absolute Gasteiger partial charge is 0.159 e. The lowest BCUT2D eigenvalue weighted by atomic mass is 10.0. The van der Waals surface area contributed by atoms with Crippen LogP contribution in [0.25, 0.3) is 35.3 Å². The van der Waals surface area contributed by atoms with E-state index in [1.54, 1.807) is 12.1 Å². The van der Waals surface area contributed by atoms with Gasteiger partial charge in [0.25, 0.3) is 0 Å². The van der Waals surface area contributed by atoms with E-state index in [1.165, 1.54) is 12.1 Å². The van der Waals surface area contributed by atoms with E-state index in [0.717, 1.165) is 44.1 Å². The van der Waals surface area contributed by atoms with Gasteiger partial charge in [-0.2, -0.15) is 5.10 Å². The summed E-state index contributed by atoms with van der Waals surface area (Å²) >= 11 is 0. The summed E-state index contributed by atoms with van der Waals surface area (Å²) in [5.74, 6) is 0.279. The maximum atomic E-state index is 13.9. The zero-order chi connectivity index (χ0) is 24.2. The molecule has 0 spiro atoms. The SMILES string of the molecule is C=C/C=C(/c1cccc(F)c1)c1nc(-c2n[nH]/c(=C/C=C(\C)c3cncc(C)c3)c2=C)[nH]c1C. The number of allylic oxidation sites excluding steroid dienone is 4. The van der Waals surface area contributed by atoms with Gasteiger partial charge in [-0.15, -0.1) is 0 Å². The highest BCUT2D eigenvalue weighted by molar-refractivity contribution is 5.81. The summed E-state index contributed by atoms with van der Waals surface area (Å²) in [5, 5.41) is 9.01. The summed E-state index contributed by atoms with van der Waals surface area (Å²) in [6.07, 6.45) is 11.1. The van der Waals surface area contributed by atoms with E-state index in [0.29, 0.717) is 17.2 Å². The highest BCUT2D eigenvalue weighted by Gasteiger charge is 2.16. The van der Waals surface area contributed by atoms with Crippen LogP contribution in [0.15, 0.2) is 67.5 Å². The van der Waals surface area contributed by atoms with Gasteiger partial charge in [-0.05, 0) is 67.3 Å². The standard InChI is InChI=1S/C28H26FN5/c1-6-8-24(21-9-7-10-23(29)14-21)27-20(5)31-28(32-27)26-19(4)25(33-34-26)12-11-18(3)22-13-17(2)15-30-16-22/h6-16,33H,1,4H2,2-3,5H3,(H,31,32)/b18-11+,24-8-,25-12+. The maximum absolute atomic E-state index is 13.9. The predicted octanol–water partition coefficient (Wildman–Crippen LogP) is 4.86. The van der Waals surface area contributed by atoms with Gasteiger partial charge in [-0.1, -0.05) is 43.5 Å². The van der Waals surface area contributed by atoms with Crippen molar-refractivity contribution < 1.29 is 4.39 Å². The van der Waals surface area contributed by atoms with Gasteiger partial charge in [-0.3, -0.25) is 10.1 Å². The molecule has 0 saturated heterocycles. The van der Waals surface area contributed by atoms with E-state index >= 15 is 0 Å². The van der Waals surface area contributed by atoms with Gasteiger partial charge in [0.1, 0.15) is 11.5 Å². The number of aryl methyl sites for hydroxylation is 2. The fraction of sp³-hybridized carbons (Fsp3) is 0.107. The molecule has 0 bridgehead atoms. The summed E-state index contributed by atoms with van der Waals surface area (Å²) in [7, 11) is 0. The summed E-state index contributed by atoms with van der Waals surface area (Å²) in [5.41, 5.74) is 6.91. The van der Waals surface area contributed by atoms with E-state index in [9.17, 15) is 4.39 Å². The van der Waals surface area contributed by atoms with Gasteiger partial charge >= 0.3 is 0 Å². The third kappa shape index (κ3) is 4.71. The van der Waals surface area contributed by atoms with Gasteiger partial charge in [-0.25, -0.2) is 9.37 Å². The molecular formula is C28H26FN5. The van der Waals surface area contributed by atoms with E-state index in [4.69, 9.17) is 4.98 Å². The predicted molar refractivity (Wildman–Crippen MR) is 136 cm³/mol. The lowest BCUT2D eigenvalue weighted by Gasteiger charge is -2.06. The van der Waals surface area contributed by atoms with Gasteiger partial charge in [0, 0.05) is 28.9 Å². The number of benzene rings is 1. The molecule has 0 atom stereocenters. The first-order valence-electron chi connectivity index (χ1n) is 10.9. The van der Waals surface area contributed by atoms with Crippen molar-refractivity contribution in [3.63, 3.8) is 0 Å². The molecule has 0 aliphatic heterocycles. The third-order valence-corrected chi connectivity index (χ3v) is 5.51. The van der Waals surface area contributed by atoms with E-state index in [2.05, 4.69) is 39.4 Å². The van der Waals surface area contributed by atoms with Crippen LogP contribution in [-0.4, -0.2) is 25.1 Å². The van der Waals surface area contributed by atoms with Crippen LogP contribution in [0.2, 0.25) is 0 Å². The van der Waals surface area contributed by atoms with Gasteiger partial charge in [0.15, 0.2) is 5.82 Å². The van der Waals surface area contributed by atoms with Crippen LogP contribution >= 0.6 is 0 Å². The first-order chi connectivity index (χ1) is 16.4. The maximum Gasteiger partial charge on any atom is 0.159 e. The summed E-state index contributed by atoms with van der Waals surface area (Å²) < 4.78 is 13.9. The molecule has 170 valence electrons. The molecule has 3 aromatic heterocycles. The number of hydrogen-bond acceptors (Lipinski definition) is 3. The average Bonchev–Trinajstić information content (AvgIpc) is 3.37. The zero-order valence-corrected chi connectivity index (χ0v) is 19.5. The van der Waals surface area contributed by atoms with Crippen LogP contribution < -0.4 is 10.6 Å². The largest absolute Gasteiger partial charge is 0.340 e. The van der Waals surface area contributed by atoms with Crippen molar-refractivity contribution in [2.75, 3.05) is 0 Å². The lowest BCUT2D eigenvalue weighted by molar-refractivity contribution is 0.627. The van der Waals surface area contributed by atoms with E-state index < -0.39 is 0 Å². The van der Waals surface area contributed by atoms with Gasteiger partial charge in [0.2, 0.25) is 0 Å². The van der Waals surface area contributed by atoms with Crippen molar-refractivity contribution in [2.45, 2.75) is 20.8 Å². The number of imidazole rings is 1. The lowest BCUT2D eigenvalue weighted by Crippen LogP contribution is -2.21. The number of halogens is 1. The van der Waals surface area contributed by atoms with Crippen molar-refractivity contribution in [1.29, 1.82) is 0 Å². The molecule has 3 heterocycles. The summed E-state index contributed by atoms with van der Waals surface area (Å²) in [6.45, 7) is 14.0. The second-order valence-electron chi connectivity index (χ2n) is 8.12. The number of nitrogens with one attached hydrogen (secondary N) is 2. The van der Waals surface area contributed by atoms with Crippen molar-refractivity contribution in [1.82, 2.24) is 25.1 Å². The Kier molecular flexibility index (Phi) is 6.50. The molecule has 34 heavy (non-hydrogen) atoms. The Morgan fingerprint density at radius 2 is 1.91 bits per heavy atom. The van der Waals surface area contributed by atoms with Crippen LogP contribution in [0, 0.1) is 19.7 Å². The molecular weight excluding hydrogens is 425 g/mol. The topological polar surface area (TPSA) is 70.2 Å².